The minimum Gasteiger partial charge on any atom is -0.492 e. The molecule has 44 heavy (non-hydrogen) atoms. The maximum Gasteiger partial charge on any atom is 0.229 e. The van der Waals surface area contributed by atoms with Gasteiger partial charge in [-0.25, -0.2) is 23.4 Å². The number of nitrogens with one attached hydrogen (secondary N) is 2. The molecule has 4 aromatic heterocycles. The Morgan fingerprint density at radius 1 is 0.955 bits per heavy atom. The molecule has 1 amide bonds. The van der Waals surface area contributed by atoms with Crippen LogP contribution in [0, 0.1) is 0 Å². The molecule has 0 saturated heterocycles. The number of nitrogens with zero attached hydrogens (tertiary/aromatic N) is 4. The second kappa shape index (κ2) is 12.7. The quantitative estimate of drug-likeness (QED) is 0.183. The Morgan fingerprint density at radius 2 is 1.82 bits per heavy atom. The van der Waals surface area contributed by atoms with Gasteiger partial charge in [0.05, 0.1) is 29.3 Å². The number of fused-ring (bicyclic) bond motifs is 1. The summed E-state index contributed by atoms with van der Waals surface area (Å²) in [6, 6.07) is 26.3. The van der Waals surface area contributed by atoms with Crippen LogP contribution in [0.2, 0.25) is 0 Å². The summed E-state index contributed by atoms with van der Waals surface area (Å²) >= 11 is 1.55. The molecule has 4 heterocycles. The number of hydrogen-bond acceptors (Lipinski definition) is 9. The van der Waals surface area contributed by atoms with Crippen molar-refractivity contribution in [1.82, 2.24) is 19.4 Å². The average Bonchev–Trinajstić information content (AvgIpc) is 3.65. The lowest BCUT2D eigenvalue weighted by atomic mass is 10.1. The first-order chi connectivity index (χ1) is 21.3. The third kappa shape index (κ3) is 7.10. The van der Waals surface area contributed by atoms with E-state index in [9.17, 15) is 13.2 Å². The highest BCUT2D eigenvalue weighted by Gasteiger charge is 2.18. The fraction of sp³-hybridized carbons (Fsp3) is 0.125. The standard InChI is InChI=1S/C32H28N6O4S2/c1-44(40,41)18-16-42-25-10-5-9-24(20-25)35-32-33-14-13-27(36-32)31-30(37-28-12-2-3-15-38(28)31)22-7-4-8-23(19-22)34-29(39)21-26-11-6-17-43-26/h2-15,17,19-20H,16,18,21H2,1H3,(H,34,39)(H,33,35,36). The molecule has 10 nitrogen and oxygen atoms in total. The van der Waals surface area contributed by atoms with E-state index in [1.54, 1.807) is 35.7 Å². The second-order valence-corrected chi connectivity index (χ2v) is 13.3. The van der Waals surface area contributed by atoms with E-state index in [0.717, 1.165) is 21.8 Å². The SMILES string of the molecule is CS(=O)(=O)CCOc1cccc(Nc2nccc(-c3c(-c4cccc(NC(=O)Cc5cccs5)c4)nc4ccccn34)n2)c1. The molecule has 0 spiro atoms. The molecule has 6 aromatic rings. The second-order valence-electron chi connectivity index (χ2n) is 10.0. The molecule has 12 heteroatoms. The zero-order valence-corrected chi connectivity index (χ0v) is 25.3. The monoisotopic (exact) mass is 624 g/mol. The Labute approximate surface area is 258 Å². The van der Waals surface area contributed by atoms with Crippen molar-refractivity contribution in [1.29, 1.82) is 0 Å². The molecule has 0 aliphatic heterocycles. The molecule has 0 fully saturated rings. The summed E-state index contributed by atoms with van der Waals surface area (Å²) in [5, 5.41) is 8.17. The molecule has 0 radical (unpaired) electrons. The fourth-order valence-electron chi connectivity index (χ4n) is 4.62. The van der Waals surface area contributed by atoms with Gasteiger partial charge in [-0.15, -0.1) is 11.3 Å². The number of pyridine rings is 1. The van der Waals surface area contributed by atoms with Crippen molar-refractivity contribution in [2.45, 2.75) is 6.42 Å². The van der Waals surface area contributed by atoms with Crippen molar-refractivity contribution >= 4 is 50.1 Å². The molecule has 0 saturated carbocycles. The number of rotatable bonds is 11. The maximum absolute atomic E-state index is 12.7. The van der Waals surface area contributed by atoms with E-state index < -0.39 is 9.84 Å². The number of anilines is 3. The summed E-state index contributed by atoms with van der Waals surface area (Å²) < 4.78 is 30.5. The summed E-state index contributed by atoms with van der Waals surface area (Å²) in [5.74, 6) is 0.738. The number of benzene rings is 2. The van der Waals surface area contributed by atoms with Gasteiger partial charge in [-0.1, -0.05) is 30.3 Å². The van der Waals surface area contributed by atoms with Crippen LogP contribution >= 0.6 is 11.3 Å². The summed E-state index contributed by atoms with van der Waals surface area (Å²) in [5.41, 5.74) is 5.05. The normalized spacial score (nSPS) is 11.4. The lowest BCUT2D eigenvalue weighted by Gasteiger charge is -2.11. The zero-order valence-electron chi connectivity index (χ0n) is 23.7. The van der Waals surface area contributed by atoms with Crippen LogP contribution in [0.15, 0.2) is 103 Å². The molecule has 222 valence electrons. The Balaban J connectivity index is 1.28. The van der Waals surface area contributed by atoms with Gasteiger partial charge in [0.15, 0.2) is 9.84 Å². The lowest BCUT2D eigenvalue weighted by molar-refractivity contribution is -0.115. The van der Waals surface area contributed by atoms with E-state index in [1.165, 1.54) is 6.26 Å². The van der Waals surface area contributed by atoms with Crippen molar-refractivity contribution in [2.75, 3.05) is 29.2 Å². The van der Waals surface area contributed by atoms with Crippen LogP contribution in [0.25, 0.3) is 28.3 Å². The number of ether oxygens (including phenoxy) is 1. The van der Waals surface area contributed by atoms with Gasteiger partial charge in [-0.2, -0.15) is 0 Å². The van der Waals surface area contributed by atoms with Gasteiger partial charge in [0.25, 0.3) is 0 Å². The van der Waals surface area contributed by atoms with Crippen LogP contribution in [-0.4, -0.2) is 52.3 Å². The summed E-state index contributed by atoms with van der Waals surface area (Å²) in [6.45, 7) is 0.0604. The minimum absolute atomic E-state index is 0.0604. The Hall–Kier alpha value is -5.07. The van der Waals surface area contributed by atoms with E-state index in [2.05, 4.69) is 15.6 Å². The molecule has 2 N–H and O–H groups in total. The van der Waals surface area contributed by atoms with E-state index in [4.69, 9.17) is 14.7 Å². The van der Waals surface area contributed by atoms with E-state index in [-0.39, 0.29) is 18.3 Å². The smallest absolute Gasteiger partial charge is 0.229 e. The van der Waals surface area contributed by atoms with Gasteiger partial charge in [-0.3, -0.25) is 9.20 Å². The summed E-state index contributed by atoms with van der Waals surface area (Å²) in [7, 11) is -3.12. The average molecular weight is 625 g/mol. The summed E-state index contributed by atoms with van der Waals surface area (Å²) in [6.07, 6.45) is 5.09. The van der Waals surface area contributed by atoms with Crippen LogP contribution < -0.4 is 15.4 Å². The third-order valence-electron chi connectivity index (χ3n) is 6.58. The lowest BCUT2D eigenvalue weighted by Crippen LogP contribution is -2.13. The van der Waals surface area contributed by atoms with Crippen molar-refractivity contribution in [2.24, 2.45) is 0 Å². The highest BCUT2D eigenvalue weighted by molar-refractivity contribution is 7.90. The molecule has 0 unspecified atom stereocenters. The Kier molecular flexibility index (Phi) is 8.35. The van der Waals surface area contributed by atoms with Crippen LogP contribution in [-0.2, 0) is 21.1 Å². The molecular weight excluding hydrogens is 597 g/mol. The Bertz CT molecular complexity index is 2040. The largest absolute Gasteiger partial charge is 0.492 e. The number of aromatic nitrogens is 4. The first-order valence-electron chi connectivity index (χ1n) is 13.7. The van der Waals surface area contributed by atoms with Gasteiger partial charge in [0.2, 0.25) is 11.9 Å². The fourth-order valence-corrected chi connectivity index (χ4v) is 5.71. The number of imidazole rings is 1. The topological polar surface area (TPSA) is 128 Å². The highest BCUT2D eigenvalue weighted by Crippen LogP contribution is 2.33. The van der Waals surface area contributed by atoms with E-state index in [0.29, 0.717) is 40.9 Å². The molecule has 6 rings (SSSR count). The summed E-state index contributed by atoms with van der Waals surface area (Å²) in [4.78, 5) is 27.8. The van der Waals surface area contributed by atoms with Crippen molar-refractivity contribution in [3.05, 3.63) is 108 Å². The molecular formula is C32H28N6O4S2. The van der Waals surface area contributed by atoms with Crippen LogP contribution in [0.5, 0.6) is 5.75 Å². The molecule has 0 aliphatic carbocycles. The van der Waals surface area contributed by atoms with Gasteiger partial charge >= 0.3 is 0 Å². The van der Waals surface area contributed by atoms with Crippen molar-refractivity contribution in [3.8, 4) is 28.4 Å². The first-order valence-corrected chi connectivity index (χ1v) is 16.7. The predicted molar refractivity (Wildman–Crippen MR) is 173 cm³/mol. The minimum atomic E-state index is -3.12. The van der Waals surface area contributed by atoms with Crippen LogP contribution in [0.3, 0.4) is 0 Å². The van der Waals surface area contributed by atoms with Crippen LogP contribution in [0.1, 0.15) is 4.88 Å². The Morgan fingerprint density at radius 3 is 2.66 bits per heavy atom. The number of carbonyl (C=O) groups excluding carboxylic acids is 1. The molecule has 0 bridgehead atoms. The highest BCUT2D eigenvalue weighted by atomic mass is 32.2. The predicted octanol–water partition coefficient (Wildman–Crippen LogP) is 5.87. The molecule has 0 aliphatic rings. The van der Waals surface area contributed by atoms with Crippen molar-refractivity contribution in [3.63, 3.8) is 0 Å². The zero-order chi connectivity index (χ0) is 30.5. The molecule has 2 aromatic carbocycles. The maximum atomic E-state index is 12.7. The number of hydrogen-bond donors (Lipinski definition) is 2. The first kappa shape index (κ1) is 29.0. The molecule has 0 atom stereocenters. The number of carbonyl (C=O) groups is 1. The van der Waals surface area contributed by atoms with Gasteiger partial charge < -0.3 is 15.4 Å². The number of thiophene rings is 1. The van der Waals surface area contributed by atoms with E-state index in [1.807, 2.05) is 82.7 Å². The number of amides is 1. The van der Waals surface area contributed by atoms with E-state index >= 15 is 0 Å². The van der Waals surface area contributed by atoms with Gasteiger partial charge in [-0.05, 0) is 53.9 Å². The third-order valence-corrected chi connectivity index (χ3v) is 8.36. The van der Waals surface area contributed by atoms with Crippen LogP contribution in [0.4, 0.5) is 17.3 Å². The van der Waals surface area contributed by atoms with Crippen molar-refractivity contribution < 1.29 is 17.9 Å². The van der Waals surface area contributed by atoms with Gasteiger partial charge in [0.1, 0.15) is 18.0 Å². The number of sulfone groups is 1. The van der Waals surface area contributed by atoms with Gasteiger partial charge in [0, 0.05) is 46.5 Å².